The summed E-state index contributed by atoms with van der Waals surface area (Å²) >= 11 is 6.19. The highest BCUT2D eigenvalue weighted by atomic mass is 35.5. The number of morpholine rings is 1. The first-order valence-electron chi connectivity index (χ1n) is 7.92. The molecule has 3 rings (SSSR count). The van der Waals surface area contributed by atoms with Crippen molar-refractivity contribution in [2.45, 2.75) is 6.92 Å². The van der Waals surface area contributed by atoms with Crippen molar-refractivity contribution >= 4 is 29.7 Å². The maximum Gasteiger partial charge on any atom is 0.256 e. The van der Waals surface area contributed by atoms with Gasteiger partial charge in [0.25, 0.3) is 5.91 Å². The number of rotatable bonds is 3. The molecule has 0 radical (unpaired) electrons. The average Bonchev–Trinajstić information content (AvgIpc) is 2.61. The number of pyridine rings is 1. The number of hydrogen-bond acceptors (Lipinski definition) is 3. The van der Waals surface area contributed by atoms with E-state index >= 15 is 0 Å². The maximum absolute atomic E-state index is 12.8. The number of ether oxygens (including phenoxy) is 1. The van der Waals surface area contributed by atoms with Gasteiger partial charge in [0.05, 0.1) is 24.5 Å². The van der Waals surface area contributed by atoms with Gasteiger partial charge in [0.2, 0.25) is 0 Å². The monoisotopic (exact) mass is 342 g/mol. The summed E-state index contributed by atoms with van der Waals surface area (Å²) in [6.07, 6.45) is 3.74. The minimum Gasteiger partial charge on any atom is -0.378 e. The number of aryl methyl sites for hydroxylation is 1. The number of benzene rings is 1. The number of aromatic nitrogens is 1. The molecule has 0 aliphatic carbocycles. The molecular formula is C19H19ClN2O2. The van der Waals surface area contributed by atoms with Gasteiger partial charge >= 0.3 is 0 Å². The van der Waals surface area contributed by atoms with Gasteiger partial charge in [-0.2, -0.15) is 0 Å². The van der Waals surface area contributed by atoms with Crippen LogP contribution >= 0.6 is 11.6 Å². The van der Waals surface area contributed by atoms with Crippen LogP contribution in [0.5, 0.6) is 0 Å². The molecule has 2 heterocycles. The molecule has 0 bridgehead atoms. The van der Waals surface area contributed by atoms with Gasteiger partial charge in [-0.25, -0.2) is 0 Å². The predicted octanol–water partition coefficient (Wildman–Crippen LogP) is 3.69. The number of halogens is 1. The van der Waals surface area contributed by atoms with Crippen LogP contribution in [0.25, 0.3) is 12.2 Å². The third kappa shape index (κ3) is 3.83. The van der Waals surface area contributed by atoms with E-state index in [9.17, 15) is 4.79 Å². The second-order valence-corrected chi connectivity index (χ2v) is 6.05. The van der Waals surface area contributed by atoms with Crippen LogP contribution in [0.15, 0.2) is 36.4 Å². The molecule has 0 saturated carbocycles. The Morgan fingerprint density at radius 2 is 1.92 bits per heavy atom. The van der Waals surface area contributed by atoms with Gasteiger partial charge in [-0.05, 0) is 36.8 Å². The van der Waals surface area contributed by atoms with E-state index in [0.29, 0.717) is 42.6 Å². The minimum absolute atomic E-state index is 0.00962. The van der Waals surface area contributed by atoms with Crippen LogP contribution in [0.1, 0.15) is 27.3 Å². The van der Waals surface area contributed by atoms with Crippen molar-refractivity contribution in [2.24, 2.45) is 0 Å². The zero-order valence-corrected chi connectivity index (χ0v) is 14.3. The summed E-state index contributed by atoms with van der Waals surface area (Å²) in [6, 6.07) is 11.3. The van der Waals surface area contributed by atoms with Gasteiger partial charge in [0.1, 0.15) is 0 Å². The highest BCUT2D eigenvalue weighted by Crippen LogP contribution is 2.20. The fourth-order valence-electron chi connectivity index (χ4n) is 2.60. The molecule has 1 fully saturated rings. The Bertz CT molecular complexity index is 768. The second-order valence-electron chi connectivity index (χ2n) is 5.64. The molecular weight excluding hydrogens is 324 g/mol. The third-order valence-corrected chi connectivity index (χ3v) is 4.26. The fraction of sp³-hybridized carbons (Fsp3) is 0.263. The summed E-state index contributed by atoms with van der Waals surface area (Å²) < 4.78 is 5.32. The van der Waals surface area contributed by atoms with E-state index in [-0.39, 0.29) is 5.91 Å². The molecule has 0 spiro atoms. The van der Waals surface area contributed by atoms with Crippen LogP contribution in [0.3, 0.4) is 0 Å². The maximum atomic E-state index is 12.8. The average molecular weight is 343 g/mol. The molecule has 1 saturated heterocycles. The lowest BCUT2D eigenvalue weighted by Gasteiger charge is -2.27. The molecule has 0 N–H and O–H groups in total. The normalized spacial score (nSPS) is 15.0. The third-order valence-electron chi connectivity index (χ3n) is 3.92. The number of amides is 1. The molecule has 0 atom stereocenters. The Kier molecular flexibility index (Phi) is 5.28. The number of carbonyl (C=O) groups is 1. The van der Waals surface area contributed by atoms with Crippen molar-refractivity contribution in [3.8, 4) is 0 Å². The van der Waals surface area contributed by atoms with Gasteiger partial charge in [0.15, 0.2) is 0 Å². The Morgan fingerprint density at radius 3 is 2.67 bits per heavy atom. The zero-order valence-electron chi connectivity index (χ0n) is 13.5. The number of carbonyl (C=O) groups excluding carboxylic acids is 1. The van der Waals surface area contributed by atoms with Gasteiger partial charge in [0, 0.05) is 23.8 Å². The zero-order chi connectivity index (χ0) is 16.9. The first kappa shape index (κ1) is 16.7. The molecule has 1 aromatic heterocycles. The highest BCUT2D eigenvalue weighted by molar-refractivity contribution is 6.32. The molecule has 1 amide bonds. The summed E-state index contributed by atoms with van der Waals surface area (Å²) in [7, 11) is 0. The van der Waals surface area contributed by atoms with E-state index in [1.807, 2.05) is 60.4 Å². The van der Waals surface area contributed by atoms with Gasteiger partial charge in [-0.15, -0.1) is 0 Å². The van der Waals surface area contributed by atoms with Gasteiger partial charge in [-0.3, -0.25) is 9.78 Å². The number of nitrogens with zero attached hydrogens (tertiary/aromatic N) is 2. The van der Waals surface area contributed by atoms with Crippen LogP contribution in [0.4, 0.5) is 0 Å². The summed E-state index contributed by atoms with van der Waals surface area (Å²) in [4.78, 5) is 19.1. The highest BCUT2D eigenvalue weighted by Gasteiger charge is 2.21. The lowest BCUT2D eigenvalue weighted by molar-refractivity contribution is 0.0302. The number of hydrogen-bond donors (Lipinski definition) is 0. The van der Waals surface area contributed by atoms with Crippen molar-refractivity contribution in [3.63, 3.8) is 0 Å². The first-order valence-corrected chi connectivity index (χ1v) is 8.30. The topological polar surface area (TPSA) is 42.4 Å². The fourth-order valence-corrected chi connectivity index (χ4v) is 2.80. The molecule has 1 aliphatic heterocycles. The molecule has 24 heavy (non-hydrogen) atoms. The molecule has 2 aromatic rings. The molecule has 1 aromatic carbocycles. The summed E-state index contributed by atoms with van der Waals surface area (Å²) in [6.45, 7) is 4.29. The van der Waals surface area contributed by atoms with Gasteiger partial charge in [-0.1, -0.05) is 35.9 Å². The van der Waals surface area contributed by atoms with Crippen molar-refractivity contribution in [2.75, 3.05) is 26.3 Å². The molecule has 5 heteroatoms. The van der Waals surface area contributed by atoms with E-state index in [1.165, 1.54) is 0 Å². The quantitative estimate of drug-likeness (QED) is 0.854. The van der Waals surface area contributed by atoms with Crippen LogP contribution in [-0.2, 0) is 4.74 Å². The molecule has 124 valence electrons. The first-order chi connectivity index (χ1) is 11.6. The SMILES string of the molecule is Cc1ccc(C(=O)N2CCOCC2)c(/C=C/c2ccccc2Cl)n1. The largest absolute Gasteiger partial charge is 0.378 e. The standard InChI is InChI=1S/C19H19ClN2O2/c1-14-6-8-16(19(23)22-10-12-24-13-11-22)18(21-14)9-7-15-4-2-3-5-17(15)20/h2-9H,10-13H2,1H3/b9-7+. The lowest BCUT2D eigenvalue weighted by atomic mass is 10.1. The van der Waals surface area contributed by atoms with E-state index in [4.69, 9.17) is 16.3 Å². The van der Waals surface area contributed by atoms with Crippen LogP contribution in [0, 0.1) is 6.92 Å². The Labute approximate surface area is 146 Å². The van der Waals surface area contributed by atoms with E-state index < -0.39 is 0 Å². The Balaban J connectivity index is 1.91. The van der Waals surface area contributed by atoms with E-state index in [0.717, 1.165) is 11.3 Å². The van der Waals surface area contributed by atoms with E-state index in [2.05, 4.69) is 4.98 Å². The van der Waals surface area contributed by atoms with Crippen LogP contribution in [0.2, 0.25) is 5.02 Å². The summed E-state index contributed by atoms with van der Waals surface area (Å²) in [5.74, 6) is -0.00962. The van der Waals surface area contributed by atoms with Crippen molar-refractivity contribution in [1.82, 2.24) is 9.88 Å². The smallest absolute Gasteiger partial charge is 0.256 e. The Morgan fingerprint density at radius 1 is 1.17 bits per heavy atom. The second kappa shape index (κ2) is 7.60. The minimum atomic E-state index is -0.00962. The van der Waals surface area contributed by atoms with Gasteiger partial charge < -0.3 is 9.64 Å². The van der Waals surface area contributed by atoms with Crippen LogP contribution < -0.4 is 0 Å². The van der Waals surface area contributed by atoms with Crippen molar-refractivity contribution < 1.29 is 9.53 Å². The Hall–Kier alpha value is -2.17. The van der Waals surface area contributed by atoms with E-state index in [1.54, 1.807) is 0 Å². The molecule has 0 unspecified atom stereocenters. The molecule has 1 aliphatic rings. The van der Waals surface area contributed by atoms with Crippen molar-refractivity contribution in [1.29, 1.82) is 0 Å². The van der Waals surface area contributed by atoms with Crippen LogP contribution in [-0.4, -0.2) is 42.1 Å². The lowest BCUT2D eigenvalue weighted by Crippen LogP contribution is -2.41. The molecule has 4 nitrogen and oxygen atoms in total. The summed E-state index contributed by atoms with van der Waals surface area (Å²) in [5.41, 5.74) is 3.02. The predicted molar refractivity (Wildman–Crippen MR) is 96.1 cm³/mol. The summed E-state index contributed by atoms with van der Waals surface area (Å²) in [5, 5.41) is 0.669. The van der Waals surface area contributed by atoms with Crippen molar-refractivity contribution in [3.05, 3.63) is 63.9 Å².